The first-order valence-electron chi connectivity index (χ1n) is 17.1. The normalized spacial score (nSPS) is 13.8. The number of methoxy groups -OCH3 is 3. The minimum atomic E-state index is -4.53. The minimum absolute atomic E-state index is 0.0175. The summed E-state index contributed by atoms with van der Waals surface area (Å²) in [6, 6.07) is 21.8. The van der Waals surface area contributed by atoms with Gasteiger partial charge < -0.3 is 24.4 Å². The Labute approximate surface area is 325 Å². The molecule has 14 heteroatoms. The van der Waals surface area contributed by atoms with Crippen LogP contribution in [0.5, 0.6) is 17.2 Å². The molecule has 0 saturated heterocycles. The molecule has 0 aromatic heterocycles. The van der Waals surface area contributed by atoms with Crippen molar-refractivity contribution < 1.29 is 32.2 Å². The number of halogens is 3. The van der Waals surface area contributed by atoms with Gasteiger partial charge in [0.1, 0.15) is 18.3 Å². The van der Waals surface area contributed by atoms with Gasteiger partial charge in [0.15, 0.2) is 11.5 Å². The molecule has 4 aromatic carbocycles. The summed E-state index contributed by atoms with van der Waals surface area (Å²) in [7, 11) is -0.315. The Balaban J connectivity index is 1.64. The Morgan fingerprint density at radius 1 is 0.774 bits per heavy atom. The number of sulfonamides is 1. The number of carbonyl (C=O) groups excluding carboxylic acids is 2. The second kappa shape index (κ2) is 18.2. The van der Waals surface area contributed by atoms with Gasteiger partial charge in [-0.05, 0) is 66.4 Å². The van der Waals surface area contributed by atoms with E-state index in [-0.39, 0.29) is 57.0 Å². The highest BCUT2D eigenvalue weighted by Crippen LogP contribution is 2.37. The fraction of sp³-hybridized carbons (Fsp3) is 0.333. The van der Waals surface area contributed by atoms with Crippen LogP contribution in [0.15, 0.2) is 89.8 Å². The van der Waals surface area contributed by atoms with Crippen molar-refractivity contribution in [1.29, 1.82) is 0 Å². The largest absolute Gasteiger partial charge is 0.495 e. The topological polar surface area (TPSA) is 114 Å². The molecule has 10 nitrogen and oxygen atoms in total. The predicted octanol–water partition coefficient (Wildman–Crippen LogP) is 7.96. The third-order valence-electron chi connectivity index (χ3n) is 9.19. The fourth-order valence-corrected chi connectivity index (χ4v) is 8.33. The van der Waals surface area contributed by atoms with E-state index in [4.69, 9.17) is 49.0 Å². The van der Waals surface area contributed by atoms with E-state index in [9.17, 15) is 18.0 Å². The van der Waals surface area contributed by atoms with Gasteiger partial charge in [0, 0.05) is 30.1 Å². The molecule has 0 aliphatic heterocycles. The van der Waals surface area contributed by atoms with E-state index in [1.54, 1.807) is 24.3 Å². The smallest absolute Gasteiger partial charge is 0.265 e. The SMILES string of the molecule is COc1ccc(S(=O)(=O)N(CC(=O)N(Cc2ccc(Cl)c(Cl)c2)C(Cc2ccccc2)C(=O)NC2CCCCC2)c2cc(Cl)ccc2OC)cc1OC. The van der Waals surface area contributed by atoms with Gasteiger partial charge in [0.25, 0.3) is 10.0 Å². The number of rotatable bonds is 15. The van der Waals surface area contributed by atoms with E-state index in [0.29, 0.717) is 16.3 Å². The number of anilines is 1. The lowest BCUT2D eigenvalue weighted by Crippen LogP contribution is -2.55. The number of nitrogens with one attached hydrogen (secondary N) is 1. The average molecular weight is 803 g/mol. The van der Waals surface area contributed by atoms with Gasteiger partial charge in [-0.3, -0.25) is 13.9 Å². The molecule has 0 radical (unpaired) electrons. The van der Waals surface area contributed by atoms with Gasteiger partial charge in [-0.2, -0.15) is 0 Å². The van der Waals surface area contributed by atoms with Crippen molar-refractivity contribution in [1.82, 2.24) is 10.2 Å². The van der Waals surface area contributed by atoms with Crippen molar-refractivity contribution in [3.63, 3.8) is 0 Å². The van der Waals surface area contributed by atoms with Gasteiger partial charge in [-0.1, -0.05) is 90.5 Å². The van der Waals surface area contributed by atoms with Crippen LogP contribution in [-0.4, -0.2) is 65.1 Å². The Bertz CT molecular complexity index is 2010. The lowest BCUT2D eigenvalue weighted by Gasteiger charge is -2.35. The van der Waals surface area contributed by atoms with Crippen LogP contribution >= 0.6 is 34.8 Å². The molecule has 5 rings (SSSR count). The van der Waals surface area contributed by atoms with E-state index in [1.807, 2.05) is 30.3 Å². The van der Waals surface area contributed by atoms with Gasteiger partial charge in [0.2, 0.25) is 11.8 Å². The molecule has 4 aromatic rings. The molecular formula is C39H42Cl3N3O7S. The van der Waals surface area contributed by atoms with Crippen LogP contribution in [0.25, 0.3) is 0 Å². The number of carbonyl (C=O) groups is 2. The first-order chi connectivity index (χ1) is 25.4. The molecule has 1 aliphatic rings. The first-order valence-corrected chi connectivity index (χ1v) is 19.7. The highest BCUT2D eigenvalue weighted by molar-refractivity contribution is 7.92. The van der Waals surface area contributed by atoms with Crippen LogP contribution in [0.2, 0.25) is 15.1 Å². The molecule has 1 aliphatic carbocycles. The summed E-state index contributed by atoms with van der Waals surface area (Å²) >= 11 is 19.1. The first kappa shape index (κ1) is 40.0. The molecule has 2 amide bonds. The van der Waals surface area contributed by atoms with E-state index < -0.39 is 28.5 Å². The Morgan fingerprint density at radius 2 is 1.45 bits per heavy atom. The third kappa shape index (κ3) is 9.89. The number of ether oxygens (including phenoxy) is 3. The zero-order valence-corrected chi connectivity index (χ0v) is 32.8. The Hall–Kier alpha value is -4.16. The summed E-state index contributed by atoms with van der Waals surface area (Å²) in [5, 5.41) is 4.00. The van der Waals surface area contributed by atoms with Crippen molar-refractivity contribution in [3.05, 3.63) is 111 Å². The molecule has 1 unspecified atom stereocenters. The van der Waals surface area contributed by atoms with Crippen molar-refractivity contribution >= 4 is 62.3 Å². The molecule has 0 heterocycles. The molecule has 1 N–H and O–H groups in total. The number of nitrogens with zero attached hydrogens (tertiary/aromatic N) is 2. The Kier molecular flexibility index (Phi) is 13.8. The van der Waals surface area contributed by atoms with Gasteiger partial charge in [-0.25, -0.2) is 8.42 Å². The summed E-state index contributed by atoms with van der Waals surface area (Å²) in [6.45, 7) is -0.807. The maximum Gasteiger partial charge on any atom is 0.265 e. The zero-order chi connectivity index (χ0) is 38.1. The second-order valence-corrected chi connectivity index (χ2v) is 15.8. The molecule has 1 fully saturated rings. The lowest BCUT2D eigenvalue weighted by molar-refractivity contribution is -0.140. The highest BCUT2D eigenvalue weighted by Gasteiger charge is 2.37. The molecule has 0 spiro atoms. The van der Waals surface area contributed by atoms with Crippen LogP contribution in [-0.2, 0) is 32.6 Å². The predicted molar refractivity (Wildman–Crippen MR) is 208 cm³/mol. The second-order valence-electron chi connectivity index (χ2n) is 12.7. The van der Waals surface area contributed by atoms with Crippen LogP contribution in [0, 0.1) is 0 Å². The molecule has 0 bridgehead atoms. The van der Waals surface area contributed by atoms with Gasteiger partial charge in [-0.15, -0.1) is 0 Å². The highest BCUT2D eigenvalue weighted by atomic mass is 35.5. The Morgan fingerprint density at radius 3 is 2.11 bits per heavy atom. The minimum Gasteiger partial charge on any atom is -0.495 e. The number of hydrogen-bond donors (Lipinski definition) is 1. The van der Waals surface area contributed by atoms with Crippen LogP contribution in [0.1, 0.15) is 43.2 Å². The number of benzene rings is 4. The van der Waals surface area contributed by atoms with Crippen molar-refractivity contribution in [2.75, 3.05) is 32.2 Å². The molecule has 53 heavy (non-hydrogen) atoms. The summed E-state index contributed by atoms with van der Waals surface area (Å²) in [6.07, 6.45) is 4.90. The summed E-state index contributed by atoms with van der Waals surface area (Å²) in [5.74, 6) is -0.375. The van der Waals surface area contributed by atoms with E-state index in [0.717, 1.165) is 42.0 Å². The summed E-state index contributed by atoms with van der Waals surface area (Å²) in [5.41, 5.74) is 1.42. The summed E-state index contributed by atoms with van der Waals surface area (Å²) in [4.78, 5) is 30.6. The van der Waals surface area contributed by atoms with Crippen molar-refractivity contribution in [2.24, 2.45) is 0 Å². The number of hydrogen-bond acceptors (Lipinski definition) is 7. The summed E-state index contributed by atoms with van der Waals surface area (Å²) < 4.78 is 46.6. The van der Waals surface area contributed by atoms with E-state index in [1.165, 1.54) is 56.6 Å². The van der Waals surface area contributed by atoms with Crippen molar-refractivity contribution in [3.8, 4) is 17.2 Å². The molecule has 1 atom stereocenters. The average Bonchev–Trinajstić information content (AvgIpc) is 3.16. The van der Waals surface area contributed by atoms with E-state index >= 15 is 0 Å². The third-order valence-corrected chi connectivity index (χ3v) is 11.9. The van der Waals surface area contributed by atoms with Crippen molar-refractivity contribution in [2.45, 2.75) is 62.0 Å². The maximum atomic E-state index is 15.0. The zero-order valence-electron chi connectivity index (χ0n) is 29.7. The van der Waals surface area contributed by atoms with Gasteiger partial charge in [0.05, 0.1) is 42.0 Å². The lowest BCUT2D eigenvalue weighted by atomic mass is 9.94. The monoisotopic (exact) mass is 801 g/mol. The van der Waals surface area contributed by atoms with Crippen LogP contribution < -0.4 is 23.8 Å². The fourth-order valence-electron chi connectivity index (χ4n) is 6.41. The molecule has 1 saturated carbocycles. The maximum absolute atomic E-state index is 15.0. The van der Waals surface area contributed by atoms with E-state index in [2.05, 4.69) is 5.32 Å². The van der Waals surface area contributed by atoms with Crippen LogP contribution in [0.4, 0.5) is 5.69 Å². The molecule has 282 valence electrons. The quantitative estimate of drug-likeness (QED) is 0.130. The van der Waals surface area contributed by atoms with Crippen LogP contribution in [0.3, 0.4) is 0 Å². The molecular weight excluding hydrogens is 761 g/mol. The number of amides is 2. The van der Waals surface area contributed by atoms with Gasteiger partial charge >= 0.3 is 0 Å². The standard InChI is InChI=1S/C39H42Cl3N3O7S/c1-50-35-18-15-28(40)22-33(35)45(53(48,49)30-16-19-36(51-2)37(23-30)52-3)25-38(46)44(24-27-14-17-31(41)32(42)20-27)34(21-26-10-6-4-7-11-26)39(47)43-29-12-8-5-9-13-29/h4,6-7,10-11,14-20,22-23,29,34H,5,8-9,12-13,21,24-25H2,1-3H3,(H,43,47).